The van der Waals surface area contributed by atoms with Gasteiger partial charge >= 0.3 is 0 Å². The molecule has 30 heavy (non-hydrogen) atoms. The second-order valence-corrected chi connectivity index (χ2v) is 8.63. The Morgan fingerprint density at radius 1 is 1.13 bits per heavy atom. The first-order chi connectivity index (χ1) is 14.5. The number of hydrogen-bond donors (Lipinski definition) is 0. The number of pyridine rings is 1. The van der Waals surface area contributed by atoms with Gasteiger partial charge in [0.2, 0.25) is 5.91 Å². The van der Waals surface area contributed by atoms with E-state index in [-0.39, 0.29) is 17.2 Å². The maximum Gasteiger partial charge on any atom is 0.255 e. The van der Waals surface area contributed by atoms with E-state index in [4.69, 9.17) is 4.74 Å². The van der Waals surface area contributed by atoms with Crippen LogP contribution in [0, 0.1) is 12.3 Å². The first kappa shape index (κ1) is 20.4. The normalized spacial score (nSPS) is 19.2. The maximum atomic E-state index is 13.2. The lowest BCUT2D eigenvalue weighted by atomic mass is 10.1. The number of ether oxygens (including phenoxy) is 1. The zero-order valence-electron chi connectivity index (χ0n) is 17.8. The minimum atomic E-state index is -0.352. The molecule has 158 valence electrons. The lowest BCUT2D eigenvalue weighted by molar-refractivity contribution is -0.136. The van der Waals surface area contributed by atoms with Crippen LogP contribution in [0.15, 0.2) is 42.7 Å². The molecule has 2 heterocycles. The third-order valence-electron chi connectivity index (χ3n) is 6.02. The molecule has 6 nitrogen and oxygen atoms in total. The first-order valence-electron chi connectivity index (χ1n) is 10.7. The molecule has 0 radical (unpaired) electrons. The number of hydrogen-bond acceptors (Lipinski definition) is 4. The van der Waals surface area contributed by atoms with E-state index in [0.717, 1.165) is 42.6 Å². The Balaban J connectivity index is 1.58. The van der Waals surface area contributed by atoms with Crippen molar-refractivity contribution in [2.75, 3.05) is 26.7 Å². The molecule has 4 rings (SSSR count). The molecule has 1 aliphatic heterocycles. The highest BCUT2D eigenvalue weighted by Gasteiger charge is 2.52. The molecule has 0 atom stereocenters. The third kappa shape index (κ3) is 4.48. The van der Waals surface area contributed by atoms with Crippen LogP contribution in [0.3, 0.4) is 0 Å². The van der Waals surface area contributed by atoms with Gasteiger partial charge in [-0.3, -0.25) is 14.6 Å². The summed E-state index contributed by atoms with van der Waals surface area (Å²) in [5.74, 6) is 0.899. The first-order valence-corrected chi connectivity index (χ1v) is 10.7. The van der Waals surface area contributed by atoms with E-state index in [2.05, 4.69) is 4.98 Å². The molecule has 1 spiro atoms. The molecular weight excluding hydrogens is 378 g/mol. The van der Waals surface area contributed by atoms with E-state index in [0.29, 0.717) is 31.8 Å². The van der Waals surface area contributed by atoms with Crippen LogP contribution in [0.5, 0.6) is 5.75 Å². The lowest BCUT2D eigenvalue weighted by Crippen LogP contribution is -2.38. The number of nitrogens with zero attached hydrogens (tertiary/aromatic N) is 3. The molecular formula is C24H29N3O3. The van der Waals surface area contributed by atoms with Crippen LogP contribution in [0.25, 0.3) is 0 Å². The van der Waals surface area contributed by atoms with Gasteiger partial charge in [-0.1, -0.05) is 12.1 Å². The van der Waals surface area contributed by atoms with Gasteiger partial charge in [0.05, 0.1) is 11.0 Å². The quantitative estimate of drug-likeness (QED) is 0.726. The second kappa shape index (κ2) is 8.46. The Labute approximate surface area is 177 Å². The van der Waals surface area contributed by atoms with Crippen LogP contribution in [-0.2, 0) is 11.3 Å². The number of aryl methyl sites for hydroxylation is 1. The Bertz CT molecular complexity index is 939. The molecule has 2 amide bonds. The summed E-state index contributed by atoms with van der Waals surface area (Å²) in [4.78, 5) is 33.9. The van der Waals surface area contributed by atoms with Crippen molar-refractivity contribution in [1.29, 1.82) is 0 Å². The summed E-state index contributed by atoms with van der Waals surface area (Å²) in [5.41, 5.74) is 2.24. The van der Waals surface area contributed by atoms with Gasteiger partial charge in [0.15, 0.2) is 0 Å². The fourth-order valence-corrected chi connectivity index (χ4v) is 4.01. The van der Waals surface area contributed by atoms with Crippen molar-refractivity contribution in [3.8, 4) is 5.75 Å². The zero-order chi connectivity index (χ0) is 21.1. The molecule has 1 saturated carbocycles. The molecule has 0 N–H and O–H groups in total. The van der Waals surface area contributed by atoms with Gasteiger partial charge in [0.25, 0.3) is 5.91 Å². The topological polar surface area (TPSA) is 62.7 Å². The Hall–Kier alpha value is -2.89. The van der Waals surface area contributed by atoms with Crippen molar-refractivity contribution in [3.63, 3.8) is 0 Å². The molecule has 0 unspecified atom stereocenters. The van der Waals surface area contributed by atoms with E-state index in [1.807, 2.05) is 54.1 Å². The van der Waals surface area contributed by atoms with E-state index in [9.17, 15) is 9.59 Å². The van der Waals surface area contributed by atoms with Crippen LogP contribution < -0.4 is 4.74 Å². The molecule has 1 fully saturated rings. The molecule has 1 aromatic heterocycles. The summed E-state index contributed by atoms with van der Waals surface area (Å²) < 4.78 is 6.02. The minimum Gasteiger partial charge on any atom is -0.492 e. The monoisotopic (exact) mass is 407 g/mol. The molecule has 2 aromatic rings. The average Bonchev–Trinajstić information content (AvgIpc) is 3.54. The van der Waals surface area contributed by atoms with Gasteiger partial charge in [-0.2, -0.15) is 0 Å². The van der Waals surface area contributed by atoms with Crippen molar-refractivity contribution < 1.29 is 14.3 Å². The van der Waals surface area contributed by atoms with Crippen molar-refractivity contribution in [1.82, 2.24) is 14.8 Å². The summed E-state index contributed by atoms with van der Waals surface area (Å²) in [6, 6.07) is 9.73. The van der Waals surface area contributed by atoms with Gasteiger partial charge in [-0.15, -0.1) is 0 Å². The van der Waals surface area contributed by atoms with Crippen LogP contribution >= 0.6 is 0 Å². The van der Waals surface area contributed by atoms with E-state index in [1.54, 1.807) is 12.4 Å². The number of rotatable bonds is 1. The van der Waals surface area contributed by atoms with Crippen molar-refractivity contribution in [2.45, 2.75) is 39.2 Å². The zero-order valence-corrected chi connectivity index (χ0v) is 17.8. The predicted octanol–water partition coefficient (Wildman–Crippen LogP) is 3.44. The fourth-order valence-electron chi connectivity index (χ4n) is 4.01. The van der Waals surface area contributed by atoms with Crippen LogP contribution in [0.4, 0.5) is 0 Å². The minimum absolute atomic E-state index is 0.0222. The number of fused-ring (bicyclic) bond motifs is 2. The standard InChI is InChI=1S/C24H29N3O3/c1-18-12-20(15-25-14-18)22(28)27-11-4-3-10-26(2)23(29)24(8-9-24)17-30-21-7-5-6-19(13-21)16-27/h5-7,12-15H,3-4,8-11,16-17H2,1-2H3. The Kier molecular flexibility index (Phi) is 5.75. The highest BCUT2D eigenvalue weighted by atomic mass is 16.5. The number of aromatic nitrogens is 1. The van der Waals surface area contributed by atoms with Gasteiger partial charge < -0.3 is 14.5 Å². The highest BCUT2D eigenvalue weighted by molar-refractivity contribution is 5.94. The largest absolute Gasteiger partial charge is 0.492 e. The summed E-state index contributed by atoms with van der Waals surface area (Å²) in [6.45, 7) is 4.19. The third-order valence-corrected chi connectivity index (χ3v) is 6.02. The Morgan fingerprint density at radius 2 is 1.93 bits per heavy atom. The van der Waals surface area contributed by atoms with Gasteiger partial charge in [-0.05, 0) is 61.9 Å². The smallest absolute Gasteiger partial charge is 0.255 e. The number of benzene rings is 1. The highest BCUT2D eigenvalue weighted by Crippen LogP contribution is 2.47. The van der Waals surface area contributed by atoms with E-state index in [1.165, 1.54) is 0 Å². The average molecular weight is 408 g/mol. The van der Waals surface area contributed by atoms with Gasteiger partial charge in [-0.25, -0.2) is 0 Å². The molecule has 0 saturated heterocycles. The van der Waals surface area contributed by atoms with Crippen LogP contribution in [0.1, 0.15) is 47.2 Å². The second-order valence-electron chi connectivity index (χ2n) is 8.63. The van der Waals surface area contributed by atoms with Crippen LogP contribution in [-0.4, -0.2) is 53.3 Å². The summed E-state index contributed by atoms with van der Waals surface area (Å²) in [7, 11) is 1.87. The SMILES string of the molecule is Cc1cncc(C(=O)N2CCCCN(C)C(=O)C3(CC3)COc3cccc(c3)C2)c1. The molecule has 1 aliphatic carbocycles. The van der Waals surface area contributed by atoms with E-state index >= 15 is 0 Å². The van der Waals surface area contributed by atoms with Gasteiger partial charge in [0, 0.05) is 39.1 Å². The number of carbonyl (C=O) groups is 2. The predicted molar refractivity (Wildman–Crippen MR) is 114 cm³/mol. The van der Waals surface area contributed by atoms with Gasteiger partial charge in [0.1, 0.15) is 12.4 Å². The fraction of sp³-hybridized carbons (Fsp3) is 0.458. The van der Waals surface area contributed by atoms with Crippen molar-refractivity contribution in [2.24, 2.45) is 5.41 Å². The molecule has 6 heteroatoms. The van der Waals surface area contributed by atoms with Crippen molar-refractivity contribution in [3.05, 3.63) is 59.4 Å². The number of carbonyl (C=O) groups excluding carboxylic acids is 2. The molecule has 2 aliphatic rings. The molecule has 2 bridgehead atoms. The summed E-state index contributed by atoms with van der Waals surface area (Å²) in [6.07, 6.45) is 6.85. The number of amides is 2. The van der Waals surface area contributed by atoms with E-state index < -0.39 is 0 Å². The Morgan fingerprint density at radius 3 is 2.70 bits per heavy atom. The molecule has 1 aromatic carbocycles. The maximum absolute atomic E-state index is 13.2. The lowest BCUT2D eigenvalue weighted by Gasteiger charge is -2.27. The van der Waals surface area contributed by atoms with Crippen LogP contribution in [0.2, 0.25) is 0 Å². The summed E-state index contributed by atoms with van der Waals surface area (Å²) in [5, 5.41) is 0. The summed E-state index contributed by atoms with van der Waals surface area (Å²) >= 11 is 0. The van der Waals surface area contributed by atoms with Crippen molar-refractivity contribution >= 4 is 11.8 Å².